The van der Waals surface area contributed by atoms with Crippen molar-refractivity contribution in [2.24, 2.45) is 0 Å². The van der Waals surface area contributed by atoms with Crippen molar-refractivity contribution in [3.05, 3.63) is 23.8 Å². The van der Waals surface area contributed by atoms with E-state index >= 15 is 0 Å². The van der Waals surface area contributed by atoms with Gasteiger partial charge in [-0.1, -0.05) is 0 Å². The van der Waals surface area contributed by atoms with E-state index in [1.54, 1.807) is 0 Å². The van der Waals surface area contributed by atoms with Gasteiger partial charge < -0.3 is 20.3 Å². The fraction of sp³-hybridized carbons (Fsp3) is 0.417. The zero-order valence-corrected chi connectivity index (χ0v) is 10.6. The summed E-state index contributed by atoms with van der Waals surface area (Å²) in [6.07, 6.45) is 0.674. The molecule has 0 aromatic heterocycles. The van der Waals surface area contributed by atoms with Gasteiger partial charge in [0.05, 0.1) is 6.61 Å². The predicted molar refractivity (Wildman–Crippen MR) is 68.3 cm³/mol. The van der Waals surface area contributed by atoms with Crippen molar-refractivity contribution in [2.45, 2.75) is 6.42 Å². The van der Waals surface area contributed by atoms with Crippen LogP contribution in [0.1, 0.15) is 16.8 Å². The number of benzene rings is 1. The van der Waals surface area contributed by atoms with E-state index in [0.29, 0.717) is 32.1 Å². The van der Waals surface area contributed by atoms with E-state index in [2.05, 4.69) is 5.32 Å². The van der Waals surface area contributed by atoms with Crippen molar-refractivity contribution in [3.8, 4) is 11.5 Å². The maximum absolute atomic E-state index is 11.6. The smallest absolute Gasteiger partial charge is 0.251 e. The number of aromatic hydroxyl groups is 2. The fourth-order valence-electron chi connectivity index (χ4n) is 1.36. The van der Waals surface area contributed by atoms with Crippen molar-refractivity contribution in [1.29, 1.82) is 0 Å². The van der Waals surface area contributed by atoms with Gasteiger partial charge >= 0.3 is 0 Å². The van der Waals surface area contributed by atoms with Gasteiger partial charge in [0, 0.05) is 30.7 Å². The first-order valence-electron chi connectivity index (χ1n) is 5.58. The van der Waals surface area contributed by atoms with Crippen molar-refractivity contribution < 1.29 is 19.7 Å². The molecule has 1 aromatic rings. The van der Waals surface area contributed by atoms with Crippen LogP contribution < -0.4 is 5.32 Å². The van der Waals surface area contributed by atoms with Gasteiger partial charge in [-0.2, -0.15) is 0 Å². The average Bonchev–Trinajstić information content (AvgIpc) is 2.32. The van der Waals surface area contributed by atoms with Crippen LogP contribution in [0.25, 0.3) is 0 Å². The van der Waals surface area contributed by atoms with E-state index in [-0.39, 0.29) is 23.0 Å². The first-order valence-corrected chi connectivity index (χ1v) is 6.12. The predicted octanol–water partition coefficient (Wildman–Crippen LogP) is 1.47. The molecule has 0 aliphatic rings. The molecule has 0 aliphatic heterocycles. The number of carbonyl (C=O) groups is 1. The lowest BCUT2D eigenvalue weighted by atomic mass is 10.2. The monoisotopic (exact) mass is 273 g/mol. The lowest BCUT2D eigenvalue weighted by molar-refractivity contribution is 0.0943. The Morgan fingerprint density at radius 3 is 2.50 bits per heavy atom. The number of phenols is 2. The largest absolute Gasteiger partial charge is 0.508 e. The van der Waals surface area contributed by atoms with E-state index in [9.17, 15) is 15.0 Å². The van der Waals surface area contributed by atoms with Gasteiger partial charge in [-0.3, -0.25) is 4.79 Å². The topological polar surface area (TPSA) is 78.8 Å². The zero-order chi connectivity index (χ0) is 13.4. The van der Waals surface area contributed by atoms with E-state index < -0.39 is 0 Å². The Balaban J connectivity index is 2.32. The number of nitrogens with one attached hydrogen (secondary N) is 1. The Bertz CT molecular complexity index is 377. The maximum Gasteiger partial charge on any atom is 0.251 e. The third-order valence-corrected chi connectivity index (χ3v) is 2.29. The number of hydrogen-bond acceptors (Lipinski definition) is 4. The Labute approximate surface area is 110 Å². The quantitative estimate of drug-likeness (QED) is 0.519. The van der Waals surface area contributed by atoms with Gasteiger partial charge in [-0.15, -0.1) is 11.6 Å². The summed E-state index contributed by atoms with van der Waals surface area (Å²) in [6, 6.07) is 3.74. The van der Waals surface area contributed by atoms with Gasteiger partial charge in [-0.05, 0) is 18.6 Å². The highest BCUT2D eigenvalue weighted by Crippen LogP contribution is 2.20. The molecule has 5 nitrogen and oxygen atoms in total. The van der Waals surface area contributed by atoms with Gasteiger partial charge in [-0.25, -0.2) is 0 Å². The second-order valence-electron chi connectivity index (χ2n) is 3.65. The lowest BCUT2D eigenvalue weighted by Crippen LogP contribution is -2.25. The maximum atomic E-state index is 11.6. The molecule has 0 aliphatic carbocycles. The first-order chi connectivity index (χ1) is 8.63. The summed E-state index contributed by atoms with van der Waals surface area (Å²) in [5, 5.41) is 21.1. The van der Waals surface area contributed by atoms with Gasteiger partial charge in [0.1, 0.15) is 11.5 Å². The first kappa shape index (κ1) is 14.6. The van der Waals surface area contributed by atoms with Crippen LogP contribution in [0.4, 0.5) is 0 Å². The molecule has 100 valence electrons. The van der Waals surface area contributed by atoms with Crippen LogP contribution in [0, 0.1) is 0 Å². The van der Waals surface area contributed by atoms with Crippen molar-refractivity contribution >= 4 is 17.5 Å². The molecule has 0 saturated carbocycles. The second kappa shape index (κ2) is 7.79. The summed E-state index contributed by atoms with van der Waals surface area (Å²) >= 11 is 5.43. The van der Waals surface area contributed by atoms with Crippen LogP contribution >= 0.6 is 11.6 Å². The average molecular weight is 274 g/mol. The number of phenolic OH excluding ortho intramolecular Hbond substituents is 2. The second-order valence-corrected chi connectivity index (χ2v) is 4.03. The minimum atomic E-state index is -0.349. The highest BCUT2D eigenvalue weighted by molar-refractivity contribution is 6.17. The Morgan fingerprint density at radius 1 is 1.22 bits per heavy atom. The fourth-order valence-corrected chi connectivity index (χ4v) is 1.47. The molecule has 1 amide bonds. The molecule has 0 bridgehead atoms. The zero-order valence-electron chi connectivity index (χ0n) is 9.86. The lowest BCUT2D eigenvalue weighted by Gasteiger charge is -2.06. The molecular formula is C12H16ClNO4. The molecule has 0 saturated heterocycles. The summed E-state index contributed by atoms with van der Waals surface area (Å²) in [5.41, 5.74) is 0.217. The Kier molecular flexibility index (Phi) is 6.32. The molecule has 1 aromatic carbocycles. The standard InChI is InChI=1S/C12H16ClNO4/c13-2-5-18-4-1-3-14-12(17)9-6-10(15)8-11(16)7-9/h6-8,15-16H,1-5H2,(H,14,17). The van der Waals surface area contributed by atoms with Crippen molar-refractivity contribution in [3.63, 3.8) is 0 Å². The number of amides is 1. The molecule has 0 fully saturated rings. The van der Waals surface area contributed by atoms with E-state index in [1.165, 1.54) is 12.1 Å². The molecule has 18 heavy (non-hydrogen) atoms. The Hall–Kier alpha value is -1.46. The minimum absolute atomic E-state index is 0.148. The third kappa shape index (κ3) is 5.25. The summed E-state index contributed by atoms with van der Waals surface area (Å²) in [4.78, 5) is 11.6. The highest BCUT2D eigenvalue weighted by atomic mass is 35.5. The van der Waals surface area contributed by atoms with Crippen LogP contribution in [0.2, 0.25) is 0 Å². The molecular weight excluding hydrogens is 258 g/mol. The van der Waals surface area contributed by atoms with E-state index in [4.69, 9.17) is 16.3 Å². The van der Waals surface area contributed by atoms with Crippen LogP contribution in [-0.2, 0) is 4.74 Å². The Morgan fingerprint density at radius 2 is 1.89 bits per heavy atom. The molecule has 3 N–H and O–H groups in total. The van der Waals surface area contributed by atoms with E-state index in [1.807, 2.05) is 0 Å². The number of alkyl halides is 1. The van der Waals surface area contributed by atoms with Gasteiger partial charge in [0.25, 0.3) is 5.91 Å². The van der Waals surface area contributed by atoms with Crippen LogP contribution in [0.5, 0.6) is 11.5 Å². The van der Waals surface area contributed by atoms with Gasteiger partial charge in [0.15, 0.2) is 0 Å². The molecule has 0 atom stereocenters. The van der Waals surface area contributed by atoms with Crippen LogP contribution in [0.15, 0.2) is 18.2 Å². The molecule has 0 spiro atoms. The normalized spacial score (nSPS) is 10.3. The minimum Gasteiger partial charge on any atom is -0.508 e. The van der Waals surface area contributed by atoms with Crippen molar-refractivity contribution in [2.75, 3.05) is 25.6 Å². The summed E-state index contributed by atoms with van der Waals surface area (Å²) in [6.45, 7) is 1.48. The van der Waals surface area contributed by atoms with E-state index in [0.717, 1.165) is 6.07 Å². The number of rotatable bonds is 7. The SMILES string of the molecule is O=C(NCCCOCCCl)c1cc(O)cc(O)c1. The molecule has 0 heterocycles. The summed E-state index contributed by atoms with van der Waals surface area (Å²) in [5.74, 6) is -0.190. The summed E-state index contributed by atoms with van der Waals surface area (Å²) < 4.78 is 5.15. The third-order valence-electron chi connectivity index (χ3n) is 2.14. The molecule has 6 heteroatoms. The number of halogens is 1. The van der Waals surface area contributed by atoms with Crippen molar-refractivity contribution in [1.82, 2.24) is 5.32 Å². The number of carbonyl (C=O) groups excluding carboxylic acids is 1. The van der Waals surface area contributed by atoms with Crippen LogP contribution in [-0.4, -0.2) is 41.8 Å². The van der Waals surface area contributed by atoms with Crippen LogP contribution in [0.3, 0.4) is 0 Å². The molecule has 1 rings (SSSR count). The molecule has 0 radical (unpaired) electrons. The highest BCUT2D eigenvalue weighted by Gasteiger charge is 2.07. The number of hydrogen-bond donors (Lipinski definition) is 3. The number of ether oxygens (including phenoxy) is 1. The molecule has 0 unspecified atom stereocenters. The van der Waals surface area contributed by atoms with Gasteiger partial charge in [0.2, 0.25) is 0 Å². The summed E-state index contributed by atoms with van der Waals surface area (Å²) in [7, 11) is 0.